The number of carbonyl (C=O) groups is 1. The Labute approximate surface area is 136 Å². The first-order valence-electron chi connectivity index (χ1n) is 6.10. The maximum atomic E-state index is 10.7. The van der Waals surface area contributed by atoms with E-state index in [1.54, 1.807) is 26.0 Å². The van der Waals surface area contributed by atoms with Crippen molar-refractivity contribution in [2.75, 3.05) is 0 Å². The molecule has 0 spiro atoms. The van der Waals surface area contributed by atoms with E-state index < -0.39 is 0 Å². The van der Waals surface area contributed by atoms with E-state index in [4.69, 9.17) is 5.11 Å². The summed E-state index contributed by atoms with van der Waals surface area (Å²) < 4.78 is 2.04. The molecule has 4 heteroatoms. The lowest BCUT2D eigenvalue weighted by molar-refractivity contribution is 0.101. The van der Waals surface area contributed by atoms with E-state index in [1.165, 1.54) is 0 Å². The molecule has 0 aliphatic heterocycles. The van der Waals surface area contributed by atoms with Gasteiger partial charge in [-0.25, -0.2) is 0 Å². The third-order valence-corrected chi connectivity index (χ3v) is 3.66. The van der Waals surface area contributed by atoms with Crippen LogP contribution in [0.3, 0.4) is 0 Å². The predicted octanol–water partition coefficient (Wildman–Crippen LogP) is 5.15. The lowest BCUT2D eigenvalue weighted by Crippen LogP contribution is -1.89. The Morgan fingerprint density at radius 3 is 1.70 bits per heavy atom. The van der Waals surface area contributed by atoms with E-state index in [9.17, 15) is 4.79 Å². The topological polar surface area (TPSA) is 37.3 Å². The van der Waals surface area contributed by atoms with Crippen LogP contribution in [-0.4, -0.2) is 10.9 Å². The highest BCUT2D eigenvalue weighted by molar-refractivity contribution is 9.10. The Bertz CT molecular complexity index is 546. The zero-order valence-electron chi connectivity index (χ0n) is 11.3. The summed E-state index contributed by atoms with van der Waals surface area (Å²) in [5, 5.41) is 9.10. The molecule has 20 heavy (non-hydrogen) atoms. The van der Waals surface area contributed by atoms with Crippen molar-refractivity contribution in [3.63, 3.8) is 0 Å². The van der Waals surface area contributed by atoms with Crippen LogP contribution in [0, 0.1) is 0 Å². The molecule has 0 aromatic heterocycles. The molecule has 1 atom stereocenters. The molecule has 2 aromatic rings. The van der Waals surface area contributed by atoms with Gasteiger partial charge in [0.1, 0.15) is 0 Å². The zero-order chi connectivity index (χ0) is 15.1. The number of Topliss-reactive ketones (excluding diaryl/α,β-unsaturated/α-hetero) is 1. The van der Waals surface area contributed by atoms with Crippen LogP contribution in [0.2, 0.25) is 0 Å². The van der Waals surface area contributed by atoms with Crippen LogP contribution in [-0.2, 0) is 0 Å². The summed E-state index contributed by atoms with van der Waals surface area (Å²) in [4.78, 5) is 10.7. The predicted molar refractivity (Wildman–Crippen MR) is 88.9 cm³/mol. The van der Waals surface area contributed by atoms with Gasteiger partial charge in [-0.1, -0.05) is 56.1 Å². The molecular formula is C16H16Br2O2. The average molecular weight is 400 g/mol. The van der Waals surface area contributed by atoms with Gasteiger partial charge in [-0.3, -0.25) is 4.79 Å². The first-order valence-corrected chi connectivity index (χ1v) is 7.69. The Morgan fingerprint density at radius 1 is 0.950 bits per heavy atom. The zero-order valence-corrected chi connectivity index (χ0v) is 14.5. The van der Waals surface area contributed by atoms with Crippen LogP contribution in [0.15, 0.2) is 57.5 Å². The molecule has 106 valence electrons. The van der Waals surface area contributed by atoms with Crippen LogP contribution >= 0.6 is 31.9 Å². The van der Waals surface area contributed by atoms with Crippen LogP contribution in [0.4, 0.5) is 0 Å². The van der Waals surface area contributed by atoms with E-state index in [-0.39, 0.29) is 11.9 Å². The average Bonchev–Trinajstić information content (AvgIpc) is 2.40. The monoisotopic (exact) mass is 398 g/mol. The van der Waals surface area contributed by atoms with Crippen LogP contribution in [0.25, 0.3) is 0 Å². The van der Waals surface area contributed by atoms with Crippen molar-refractivity contribution in [3.05, 3.63) is 68.6 Å². The molecule has 0 radical (unpaired) electrons. The van der Waals surface area contributed by atoms with Crippen molar-refractivity contribution in [2.45, 2.75) is 20.0 Å². The Balaban J connectivity index is 0.000000200. The lowest BCUT2D eigenvalue weighted by atomic mass is 10.1. The SMILES string of the molecule is CC(=O)c1ccc(Br)cc1.CC(O)c1ccc(Br)cc1. The molecule has 2 aromatic carbocycles. The maximum Gasteiger partial charge on any atom is 0.159 e. The van der Waals surface area contributed by atoms with E-state index in [0.717, 1.165) is 20.1 Å². The van der Waals surface area contributed by atoms with Gasteiger partial charge in [0.15, 0.2) is 5.78 Å². The van der Waals surface area contributed by atoms with Gasteiger partial charge in [0.25, 0.3) is 0 Å². The normalized spacial score (nSPS) is 11.2. The summed E-state index contributed by atoms with van der Waals surface area (Å²) in [6.45, 7) is 3.31. The van der Waals surface area contributed by atoms with Crippen LogP contribution < -0.4 is 0 Å². The highest BCUT2D eigenvalue weighted by atomic mass is 79.9. The van der Waals surface area contributed by atoms with Crippen molar-refractivity contribution in [1.82, 2.24) is 0 Å². The Hall–Kier alpha value is -0.970. The van der Waals surface area contributed by atoms with Crippen molar-refractivity contribution >= 4 is 37.6 Å². The van der Waals surface area contributed by atoms with Crippen molar-refractivity contribution < 1.29 is 9.90 Å². The van der Waals surface area contributed by atoms with Crippen LogP contribution in [0.1, 0.15) is 35.9 Å². The van der Waals surface area contributed by atoms with Crippen molar-refractivity contribution in [1.29, 1.82) is 0 Å². The first kappa shape index (κ1) is 17.1. The minimum absolute atomic E-state index is 0.104. The molecule has 0 aliphatic carbocycles. The summed E-state index contributed by atoms with van der Waals surface area (Å²) >= 11 is 6.60. The quantitative estimate of drug-likeness (QED) is 0.708. The molecular weight excluding hydrogens is 384 g/mol. The van der Waals surface area contributed by atoms with Gasteiger partial charge in [-0.05, 0) is 43.7 Å². The summed E-state index contributed by atoms with van der Waals surface area (Å²) in [6.07, 6.45) is -0.368. The fourth-order valence-corrected chi connectivity index (χ4v) is 1.95. The number of benzene rings is 2. The maximum absolute atomic E-state index is 10.7. The van der Waals surface area contributed by atoms with Crippen molar-refractivity contribution in [2.24, 2.45) is 0 Å². The van der Waals surface area contributed by atoms with Crippen LogP contribution in [0.5, 0.6) is 0 Å². The lowest BCUT2D eigenvalue weighted by Gasteiger charge is -2.02. The Morgan fingerprint density at radius 2 is 1.35 bits per heavy atom. The van der Waals surface area contributed by atoms with Crippen molar-refractivity contribution in [3.8, 4) is 0 Å². The minimum atomic E-state index is -0.368. The van der Waals surface area contributed by atoms with E-state index in [0.29, 0.717) is 0 Å². The second kappa shape index (κ2) is 8.35. The molecule has 1 N–H and O–H groups in total. The molecule has 1 unspecified atom stereocenters. The van der Waals surface area contributed by atoms with Gasteiger partial charge in [-0.2, -0.15) is 0 Å². The van der Waals surface area contributed by atoms with E-state index in [2.05, 4.69) is 31.9 Å². The van der Waals surface area contributed by atoms with Gasteiger partial charge in [0.2, 0.25) is 0 Å². The molecule has 0 saturated heterocycles. The summed E-state index contributed by atoms with van der Waals surface area (Å²) in [7, 11) is 0. The van der Waals surface area contributed by atoms with E-state index in [1.807, 2.05) is 36.4 Å². The summed E-state index contributed by atoms with van der Waals surface area (Å²) in [5.74, 6) is 0.104. The smallest absolute Gasteiger partial charge is 0.159 e. The third kappa shape index (κ3) is 5.99. The molecule has 0 saturated carbocycles. The third-order valence-electron chi connectivity index (χ3n) is 2.60. The number of ketones is 1. The second-order valence-corrected chi connectivity index (χ2v) is 6.12. The fourth-order valence-electron chi connectivity index (χ4n) is 1.43. The molecule has 2 nitrogen and oxygen atoms in total. The summed E-state index contributed by atoms with van der Waals surface area (Å²) in [5.41, 5.74) is 1.70. The number of halogens is 2. The van der Waals surface area contributed by atoms with Gasteiger partial charge >= 0.3 is 0 Å². The fraction of sp³-hybridized carbons (Fsp3) is 0.188. The van der Waals surface area contributed by atoms with Gasteiger partial charge < -0.3 is 5.11 Å². The molecule has 0 aliphatic rings. The first-order chi connectivity index (χ1) is 9.40. The number of aliphatic hydroxyl groups is 1. The number of hydrogen-bond acceptors (Lipinski definition) is 2. The number of carbonyl (C=O) groups excluding carboxylic acids is 1. The molecule has 0 heterocycles. The highest BCUT2D eigenvalue weighted by Gasteiger charge is 1.97. The standard InChI is InChI=1S/C8H9BrO.C8H7BrO/c2*1-6(10)7-2-4-8(9)5-3-7/h2-6,10H,1H3;2-5H,1H3. The van der Waals surface area contributed by atoms with E-state index >= 15 is 0 Å². The summed E-state index contributed by atoms with van der Waals surface area (Å²) in [6, 6.07) is 14.9. The molecule has 0 bridgehead atoms. The number of hydrogen-bond donors (Lipinski definition) is 1. The number of aliphatic hydroxyl groups excluding tert-OH is 1. The second-order valence-electron chi connectivity index (χ2n) is 4.29. The largest absolute Gasteiger partial charge is 0.389 e. The highest BCUT2D eigenvalue weighted by Crippen LogP contribution is 2.15. The Kier molecular flexibility index (Phi) is 7.13. The van der Waals surface area contributed by atoms with Gasteiger partial charge in [0.05, 0.1) is 6.10 Å². The van der Waals surface area contributed by atoms with Gasteiger partial charge in [0, 0.05) is 14.5 Å². The molecule has 2 rings (SSSR count). The van der Waals surface area contributed by atoms with Gasteiger partial charge in [-0.15, -0.1) is 0 Å². The minimum Gasteiger partial charge on any atom is -0.389 e. The number of rotatable bonds is 2. The molecule has 0 fully saturated rings. The molecule has 0 amide bonds.